The SMILES string of the molecule is C[C@@H](CCc1ccccc1)NC(=O)CN1CCN(Cc2nc3ccccc3s2)CC1. The van der Waals surface area contributed by atoms with E-state index in [1.165, 1.54) is 15.3 Å². The van der Waals surface area contributed by atoms with Gasteiger partial charge in [0.1, 0.15) is 5.01 Å². The number of fused-ring (bicyclic) bond motifs is 1. The Kier molecular flexibility index (Phi) is 7.10. The Morgan fingerprint density at radius 2 is 1.73 bits per heavy atom. The van der Waals surface area contributed by atoms with Crippen molar-refractivity contribution in [1.29, 1.82) is 0 Å². The second-order valence-electron chi connectivity index (χ2n) is 8.12. The molecule has 0 radical (unpaired) electrons. The van der Waals surface area contributed by atoms with Crippen molar-refractivity contribution < 1.29 is 4.79 Å². The van der Waals surface area contributed by atoms with Crippen molar-refractivity contribution in [3.8, 4) is 0 Å². The first-order chi connectivity index (χ1) is 14.7. The van der Waals surface area contributed by atoms with Gasteiger partial charge in [-0.3, -0.25) is 14.6 Å². The number of hydrogen-bond donors (Lipinski definition) is 1. The standard InChI is InChI=1S/C24H30N4OS/c1-19(11-12-20-7-3-2-4-8-20)25-23(29)17-27-13-15-28(16-14-27)18-24-26-21-9-5-6-10-22(21)30-24/h2-10,19H,11-18H2,1H3,(H,25,29)/t19-/m0/s1. The molecule has 4 rings (SSSR count). The van der Waals surface area contributed by atoms with Gasteiger partial charge < -0.3 is 5.32 Å². The minimum Gasteiger partial charge on any atom is -0.353 e. The fourth-order valence-corrected chi connectivity index (χ4v) is 4.92. The summed E-state index contributed by atoms with van der Waals surface area (Å²) in [6.45, 7) is 7.30. The number of carbonyl (C=O) groups excluding carboxylic acids is 1. The lowest BCUT2D eigenvalue weighted by molar-refractivity contribution is -0.123. The maximum Gasteiger partial charge on any atom is 0.234 e. The molecule has 2 aromatic carbocycles. The highest BCUT2D eigenvalue weighted by Crippen LogP contribution is 2.23. The van der Waals surface area contributed by atoms with Crippen molar-refractivity contribution in [1.82, 2.24) is 20.1 Å². The summed E-state index contributed by atoms with van der Waals surface area (Å²) < 4.78 is 1.25. The minimum atomic E-state index is 0.134. The molecule has 1 aromatic heterocycles. The van der Waals surface area contributed by atoms with E-state index in [1.54, 1.807) is 11.3 Å². The molecule has 0 unspecified atom stereocenters. The van der Waals surface area contributed by atoms with Gasteiger partial charge in [-0.2, -0.15) is 0 Å². The van der Waals surface area contributed by atoms with Crippen molar-refractivity contribution in [3.63, 3.8) is 0 Å². The molecule has 2 heterocycles. The van der Waals surface area contributed by atoms with Crippen LogP contribution in [0.5, 0.6) is 0 Å². The van der Waals surface area contributed by atoms with Crippen LogP contribution in [0.4, 0.5) is 0 Å². The van der Waals surface area contributed by atoms with Gasteiger partial charge in [-0.15, -0.1) is 11.3 Å². The lowest BCUT2D eigenvalue weighted by atomic mass is 10.1. The van der Waals surface area contributed by atoms with Crippen LogP contribution in [0.1, 0.15) is 23.9 Å². The Bertz CT molecular complexity index is 917. The van der Waals surface area contributed by atoms with Crippen LogP contribution in [-0.4, -0.2) is 59.5 Å². The molecule has 1 aliphatic rings. The third kappa shape index (κ3) is 5.88. The van der Waals surface area contributed by atoms with Crippen LogP contribution in [-0.2, 0) is 17.8 Å². The summed E-state index contributed by atoms with van der Waals surface area (Å²) in [5, 5.41) is 4.34. The Balaban J connectivity index is 1.16. The van der Waals surface area contributed by atoms with Crippen LogP contribution in [0.3, 0.4) is 0 Å². The quantitative estimate of drug-likeness (QED) is 0.603. The summed E-state index contributed by atoms with van der Waals surface area (Å²) in [5.74, 6) is 0.134. The fraction of sp³-hybridized carbons (Fsp3) is 0.417. The monoisotopic (exact) mass is 422 g/mol. The number of nitrogens with one attached hydrogen (secondary N) is 1. The Morgan fingerprint density at radius 1 is 1.03 bits per heavy atom. The molecule has 0 aliphatic carbocycles. The zero-order valence-electron chi connectivity index (χ0n) is 17.6. The van der Waals surface area contributed by atoms with E-state index in [1.807, 2.05) is 12.1 Å². The normalized spacial score (nSPS) is 16.6. The Labute approximate surface area is 182 Å². The Morgan fingerprint density at radius 3 is 2.50 bits per heavy atom. The number of thiazole rings is 1. The Hall–Kier alpha value is -2.28. The average molecular weight is 423 g/mol. The van der Waals surface area contributed by atoms with E-state index in [4.69, 9.17) is 4.98 Å². The highest BCUT2D eigenvalue weighted by atomic mass is 32.1. The van der Waals surface area contributed by atoms with E-state index in [0.29, 0.717) is 6.54 Å². The lowest BCUT2D eigenvalue weighted by Crippen LogP contribution is -2.50. The molecule has 1 N–H and O–H groups in total. The summed E-state index contributed by atoms with van der Waals surface area (Å²) in [6, 6.07) is 19.0. The molecule has 0 saturated carbocycles. The fourth-order valence-electron chi connectivity index (χ4n) is 3.91. The number of carbonyl (C=O) groups is 1. The number of benzene rings is 2. The molecule has 5 nitrogen and oxygen atoms in total. The van der Waals surface area contributed by atoms with E-state index in [2.05, 4.69) is 64.5 Å². The summed E-state index contributed by atoms with van der Waals surface area (Å²) in [7, 11) is 0. The van der Waals surface area contributed by atoms with E-state index >= 15 is 0 Å². The van der Waals surface area contributed by atoms with Gasteiger partial charge in [0, 0.05) is 32.2 Å². The van der Waals surface area contributed by atoms with Crippen LogP contribution in [0.25, 0.3) is 10.2 Å². The van der Waals surface area contributed by atoms with Gasteiger partial charge in [-0.25, -0.2) is 4.98 Å². The van der Waals surface area contributed by atoms with Gasteiger partial charge in [0.2, 0.25) is 5.91 Å². The van der Waals surface area contributed by atoms with E-state index in [9.17, 15) is 4.79 Å². The summed E-state index contributed by atoms with van der Waals surface area (Å²) >= 11 is 1.78. The van der Waals surface area contributed by atoms with E-state index in [0.717, 1.165) is 51.1 Å². The number of para-hydroxylation sites is 1. The van der Waals surface area contributed by atoms with Crippen molar-refractivity contribution in [2.45, 2.75) is 32.4 Å². The van der Waals surface area contributed by atoms with Crippen molar-refractivity contribution in [2.75, 3.05) is 32.7 Å². The predicted octanol–water partition coefficient (Wildman–Crippen LogP) is 3.55. The van der Waals surface area contributed by atoms with Crippen LogP contribution >= 0.6 is 11.3 Å². The number of rotatable bonds is 8. The van der Waals surface area contributed by atoms with Crippen LogP contribution in [0, 0.1) is 0 Å². The van der Waals surface area contributed by atoms with Crippen LogP contribution in [0.2, 0.25) is 0 Å². The predicted molar refractivity (Wildman–Crippen MR) is 124 cm³/mol. The molecule has 1 aliphatic heterocycles. The second kappa shape index (κ2) is 10.2. The molecule has 6 heteroatoms. The zero-order valence-corrected chi connectivity index (χ0v) is 18.4. The van der Waals surface area contributed by atoms with Gasteiger partial charge in [0.15, 0.2) is 0 Å². The molecule has 3 aromatic rings. The smallest absolute Gasteiger partial charge is 0.234 e. The highest BCUT2D eigenvalue weighted by molar-refractivity contribution is 7.18. The number of hydrogen-bond acceptors (Lipinski definition) is 5. The number of aryl methyl sites for hydroxylation is 1. The van der Waals surface area contributed by atoms with Crippen molar-refractivity contribution in [3.05, 3.63) is 65.2 Å². The number of aromatic nitrogens is 1. The molecule has 1 atom stereocenters. The number of nitrogens with zero attached hydrogens (tertiary/aromatic N) is 3. The van der Waals surface area contributed by atoms with Crippen LogP contribution in [0.15, 0.2) is 54.6 Å². The lowest BCUT2D eigenvalue weighted by Gasteiger charge is -2.34. The zero-order chi connectivity index (χ0) is 20.8. The first kappa shape index (κ1) is 21.0. The molecule has 0 bridgehead atoms. The summed E-state index contributed by atoms with van der Waals surface area (Å²) in [5.41, 5.74) is 2.41. The summed E-state index contributed by atoms with van der Waals surface area (Å²) in [4.78, 5) is 21.9. The number of piperazine rings is 1. The van der Waals surface area contributed by atoms with Gasteiger partial charge in [-0.05, 0) is 37.5 Å². The first-order valence-corrected chi connectivity index (χ1v) is 11.6. The third-order valence-electron chi connectivity index (χ3n) is 5.65. The van der Waals surface area contributed by atoms with Gasteiger partial charge in [0.05, 0.1) is 23.3 Å². The van der Waals surface area contributed by atoms with E-state index < -0.39 is 0 Å². The molecule has 158 valence electrons. The van der Waals surface area contributed by atoms with Crippen LogP contribution < -0.4 is 5.32 Å². The highest BCUT2D eigenvalue weighted by Gasteiger charge is 2.20. The molecule has 1 amide bonds. The van der Waals surface area contributed by atoms with Crippen molar-refractivity contribution in [2.24, 2.45) is 0 Å². The molecule has 1 fully saturated rings. The maximum absolute atomic E-state index is 12.4. The largest absolute Gasteiger partial charge is 0.353 e. The second-order valence-corrected chi connectivity index (χ2v) is 9.24. The minimum absolute atomic E-state index is 0.134. The van der Waals surface area contributed by atoms with Gasteiger partial charge >= 0.3 is 0 Å². The van der Waals surface area contributed by atoms with E-state index in [-0.39, 0.29) is 11.9 Å². The molecular weight excluding hydrogens is 392 g/mol. The third-order valence-corrected chi connectivity index (χ3v) is 6.67. The number of amides is 1. The first-order valence-electron chi connectivity index (χ1n) is 10.8. The molecule has 1 saturated heterocycles. The van der Waals surface area contributed by atoms with Crippen molar-refractivity contribution >= 4 is 27.5 Å². The topological polar surface area (TPSA) is 48.5 Å². The summed E-state index contributed by atoms with van der Waals surface area (Å²) in [6.07, 6.45) is 1.96. The molecule has 0 spiro atoms. The maximum atomic E-state index is 12.4. The average Bonchev–Trinajstić information content (AvgIpc) is 3.17. The van der Waals surface area contributed by atoms with Gasteiger partial charge in [-0.1, -0.05) is 42.5 Å². The molecular formula is C24H30N4OS. The molecule has 30 heavy (non-hydrogen) atoms. The van der Waals surface area contributed by atoms with Gasteiger partial charge in [0.25, 0.3) is 0 Å².